The van der Waals surface area contributed by atoms with Gasteiger partial charge in [-0.25, -0.2) is 4.39 Å². The number of benzene rings is 2. The highest BCUT2D eigenvalue weighted by Crippen LogP contribution is 2.26. The van der Waals surface area contributed by atoms with E-state index in [1.807, 2.05) is 39.0 Å². The summed E-state index contributed by atoms with van der Waals surface area (Å²) in [6.45, 7) is 5.83. The molecule has 2 heterocycles. The normalized spacial score (nSPS) is 12.1. The molecule has 4 rings (SSSR count). The molecule has 0 saturated heterocycles. The number of carbonyl (C=O) groups is 1. The molecule has 0 spiro atoms. The molecule has 0 unspecified atom stereocenters. The lowest BCUT2D eigenvalue weighted by Crippen LogP contribution is -2.25. The van der Waals surface area contributed by atoms with Gasteiger partial charge in [0.1, 0.15) is 5.82 Å². The molecule has 0 fully saturated rings. The quantitative estimate of drug-likeness (QED) is 0.446. The van der Waals surface area contributed by atoms with E-state index in [9.17, 15) is 14.0 Å². The maximum atomic E-state index is 13.6. The molecule has 0 radical (unpaired) electrons. The van der Waals surface area contributed by atoms with Gasteiger partial charge in [0.2, 0.25) is 11.6 Å². The van der Waals surface area contributed by atoms with Crippen molar-refractivity contribution in [2.45, 2.75) is 37.6 Å². The van der Waals surface area contributed by atoms with Gasteiger partial charge in [-0.1, -0.05) is 36.9 Å². The van der Waals surface area contributed by atoms with Crippen molar-refractivity contribution in [3.63, 3.8) is 0 Å². The minimum atomic E-state index is -0.437. The van der Waals surface area contributed by atoms with Crippen LogP contribution in [0.4, 0.5) is 10.1 Å². The van der Waals surface area contributed by atoms with Gasteiger partial charge in [0.05, 0.1) is 10.9 Å². The second-order valence-corrected chi connectivity index (χ2v) is 8.62. The summed E-state index contributed by atoms with van der Waals surface area (Å²) in [6, 6.07) is 11.7. The Kier molecular flexibility index (Phi) is 6.09. The first-order chi connectivity index (χ1) is 15.4. The first-order valence-corrected chi connectivity index (χ1v) is 11.0. The van der Waals surface area contributed by atoms with Gasteiger partial charge in [-0.15, -0.1) is 10.2 Å². The predicted molar refractivity (Wildman–Crippen MR) is 123 cm³/mol. The van der Waals surface area contributed by atoms with E-state index < -0.39 is 16.6 Å². The third-order valence-electron chi connectivity index (χ3n) is 5.09. The standard InChI is InChI=1S/C23H22FN5O2S/c1-4-19(21(30)25-18-12-14(2)8-9-15(18)3)32-23-27-26-20-22(31)28(10-11-29(20)23)17-7-5-6-16(24)13-17/h5-13,19H,4H2,1-3H3,(H,25,30)/t19-/m1/s1. The van der Waals surface area contributed by atoms with Crippen LogP contribution in [-0.2, 0) is 4.79 Å². The minimum Gasteiger partial charge on any atom is -0.325 e. The van der Waals surface area contributed by atoms with Crippen LogP contribution in [0.15, 0.2) is 64.8 Å². The van der Waals surface area contributed by atoms with Gasteiger partial charge in [-0.2, -0.15) is 0 Å². The van der Waals surface area contributed by atoms with Crippen molar-refractivity contribution in [2.24, 2.45) is 0 Å². The van der Waals surface area contributed by atoms with E-state index in [1.54, 1.807) is 16.7 Å². The molecule has 0 aliphatic rings. The number of aryl methyl sites for hydroxylation is 2. The van der Waals surface area contributed by atoms with Crippen LogP contribution in [0.3, 0.4) is 0 Å². The van der Waals surface area contributed by atoms with Gasteiger partial charge >= 0.3 is 5.56 Å². The van der Waals surface area contributed by atoms with E-state index in [4.69, 9.17) is 0 Å². The number of carbonyl (C=O) groups excluding carboxylic acids is 1. The Balaban J connectivity index is 1.60. The van der Waals surface area contributed by atoms with Gasteiger partial charge in [-0.05, 0) is 55.7 Å². The van der Waals surface area contributed by atoms with Crippen molar-refractivity contribution in [1.29, 1.82) is 0 Å². The van der Waals surface area contributed by atoms with E-state index in [2.05, 4.69) is 15.5 Å². The van der Waals surface area contributed by atoms with Crippen molar-refractivity contribution in [3.8, 4) is 5.69 Å². The Labute approximate surface area is 188 Å². The molecule has 1 atom stereocenters. The molecule has 7 nitrogen and oxygen atoms in total. The molecule has 0 saturated carbocycles. The number of rotatable bonds is 6. The van der Waals surface area contributed by atoms with Crippen molar-refractivity contribution >= 4 is 29.0 Å². The number of nitrogens with one attached hydrogen (secondary N) is 1. The van der Waals surface area contributed by atoms with Gasteiger partial charge < -0.3 is 5.32 Å². The summed E-state index contributed by atoms with van der Waals surface area (Å²) >= 11 is 1.24. The second kappa shape index (κ2) is 8.96. The second-order valence-electron chi connectivity index (χ2n) is 7.45. The van der Waals surface area contributed by atoms with E-state index in [0.717, 1.165) is 16.8 Å². The molecule has 2 aromatic heterocycles. The van der Waals surface area contributed by atoms with E-state index in [0.29, 0.717) is 17.3 Å². The van der Waals surface area contributed by atoms with Crippen molar-refractivity contribution in [1.82, 2.24) is 19.2 Å². The number of aromatic nitrogens is 4. The number of nitrogens with zero attached hydrogens (tertiary/aromatic N) is 4. The third-order valence-corrected chi connectivity index (χ3v) is 6.41. The predicted octanol–water partition coefficient (Wildman–Crippen LogP) is 4.15. The molecule has 0 bridgehead atoms. The first-order valence-electron chi connectivity index (χ1n) is 10.1. The van der Waals surface area contributed by atoms with Gasteiger partial charge in [0.15, 0.2) is 5.16 Å². The largest absolute Gasteiger partial charge is 0.325 e. The van der Waals surface area contributed by atoms with E-state index in [1.165, 1.54) is 40.7 Å². The Morgan fingerprint density at radius 2 is 1.97 bits per heavy atom. The lowest BCUT2D eigenvalue weighted by molar-refractivity contribution is -0.115. The molecule has 0 aliphatic carbocycles. The number of anilines is 1. The highest BCUT2D eigenvalue weighted by atomic mass is 32.2. The fourth-order valence-electron chi connectivity index (χ4n) is 3.31. The van der Waals surface area contributed by atoms with Crippen LogP contribution in [-0.4, -0.2) is 30.3 Å². The summed E-state index contributed by atoms with van der Waals surface area (Å²) in [6.07, 6.45) is 3.74. The molecule has 0 aliphatic heterocycles. The van der Waals surface area contributed by atoms with Crippen LogP contribution in [0.2, 0.25) is 0 Å². The highest BCUT2D eigenvalue weighted by Gasteiger charge is 2.22. The number of fused-ring (bicyclic) bond motifs is 1. The number of amides is 1. The number of halogens is 1. The van der Waals surface area contributed by atoms with Crippen LogP contribution < -0.4 is 10.9 Å². The monoisotopic (exact) mass is 451 g/mol. The van der Waals surface area contributed by atoms with Crippen LogP contribution in [0, 0.1) is 19.7 Å². The lowest BCUT2D eigenvalue weighted by atomic mass is 10.1. The molecular weight excluding hydrogens is 429 g/mol. The average Bonchev–Trinajstić information content (AvgIpc) is 3.18. The summed E-state index contributed by atoms with van der Waals surface area (Å²) in [7, 11) is 0. The zero-order valence-electron chi connectivity index (χ0n) is 17.9. The van der Waals surface area contributed by atoms with E-state index >= 15 is 0 Å². The highest BCUT2D eigenvalue weighted by molar-refractivity contribution is 8.00. The van der Waals surface area contributed by atoms with Crippen LogP contribution in [0.25, 0.3) is 11.3 Å². The Bertz CT molecular complexity index is 1360. The summed E-state index contributed by atoms with van der Waals surface area (Å²) in [5.41, 5.74) is 2.89. The molecule has 164 valence electrons. The molecule has 9 heteroatoms. The Morgan fingerprint density at radius 1 is 1.16 bits per heavy atom. The minimum absolute atomic E-state index is 0.101. The van der Waals surface area contributed by atoms with Crippen molar-refractivity contribution in [3.05, 3.63) is 82.2 Å². The molecule has 32 heavy (non-hydrogen) atoms. The fourth-order valence-corrected chi connectivity index (χ4v) is 4.24. The molecular formula is C23H22FN5O2S. The number of hydrogen-bond acceptors (Lipinski definition) is 5. The number of hydrogen-bond donors (Lipinski definition) is 1. The Morgan fingerprint density at radius 3 is 2.72 bits per heavy atom. The summed E-state index contributed by atoms with van der Waals surface area (Å²) in [5, 5.41) is 11.1. The van der Waals surface area contributed by atoms with Crippen LogP contribution in [0.1, 0.15) is 24.5 Å². The van der Waals surface area contributed by atoms with Gasteiger partial charge in [0, 0.05) is 18.1 Å². The Hall–Kier alpha value is -3.46. The summed E-state index contributed by atoms with van der Waals surface area (Å²) in [5.74, 6) is -0.580. The zero-order chi connectivity index (χ0) is 22.8. The summed E-state index contributed by atoms with van der Waals surface area (Å²) in [4.78, 5) is 25.8. The van der Waals surface area contributed by atoms with Gasteiger partial charge in [0.25, 0.3) is 0 Å². The number of thioether (sulfide) groups is 1. The molecule has 1 amide bonds. The average molecular weight is 452 g/mol. The van der Waals surface area contributed by atoms with Gasteiger partial charge in [-0.3, -0.25) is 18.6 Å². The smallest absolute Gasteiger partial charge is 0.300 e. The summed E-state index contributed by atoms with van der Waals surface area (Å²) < 4.78 is 16.4. The molecule has 2 aromatic carbocycles. The first kappa shape index (κ1) is 21.8. The van der Waals surface area contributed by atoms with Crippen LogP contribution >= 0.6 is 11.8 Å². The molecule has 1 N–H and O–H groups in total. The third kappa shape index (κ3) is 4.29. The SMILES string of the molecule is CC[C@@H](Sc1nnc2c(=O)n(-c3cccc(F)c3)ccn12)C(=O)Nc1cc(C)ccc1C. The van der Waals surface area contributed by atoms with Crippen molar-refractivity contribution in [2.75, 3.05) is 5.32 Å². The topological polar surface area (TPSA) is 81.3 Å². The molecule has 4 aromatic rings. The fraction of sp³-hybridized carbons (Fsp3) is 0.217. The maximum absolute atomic E-state index is 13.6. The van der Waals surface area contributed by atoms with Crippen LogP contribution in [0.5, 0.6) is 0 Å². The van der Waals surface area contributed by atoms with E-state index in [-0.39, 0.29) is 11.6 Å². The lowest BCUT2D eigenvalue weighted by Gasteiger charge is -2.15. The van der Waals surface area contributed by atoms with Crippen molar-refractivity contribution < 1.29 is 9.18 Å². The zero-order valence-corrected chi connectivity index (χ0v) is 18.7. The maximum Gasteiger partial charge on any atom is 0.300 e.